The van der Waals surface area contributed by atoms with Gasteiger partial charge in [0.1, 0.15) is 23.4 Å². The first kappa shape index (κ1) is 18.9. The Balaban J connectivity index is 1.31. The number of nitriles is 1. The van der Waals surface area contributed by atoms with Crippen LogP contribution in [0.5, 0.6) is 0 Å². The van der Waals surface area contributed by atoms with Crippen LogP contribution in [0, 0.1) is 30.1 Å². The Morgan fingerprint density at radius 3 is 2.11 bits per heavy atom. The second-order valence-electron chi connectivity index (χ2n) is 7.62. The Morgan fingerprint density at radius 2 is 1.54 bits per heavy atom. The summed E-state index contributed by atoms with van der Waals surface area (Å²) in [4.78, 5) is 21.9. The molecule has 4 heterocycles. The average Bonchev–Trinajstić information content (AvgIpc) is 2.74. The summed E-state index contributed by atoms with van der Waals surface area (Å²) in [5.41, 5.74) is 0.446. The zero-order valence-corrected chi connectivity index (χ0v) is 16.8. The second-order valence-corrected chi connectivity index (χ2v) is 8.06. The number of rotatable bonds is 3. The van der Waals surface area contributed by atoms with Crippen molar-refractivity contribution in [2.24, 2.45) is 11.8 Å². The summed E-state index contributed by atoms with van der Waals surface area (Å²) in [6, 6.07) is 3.93. The van der Waals surface area contributed by atoms with Crippen LogP contribution in [0.1, 0.15) is 37.2 Å². The molecule has 7 nitrogen and oxygen atoms in total. The molecule has 146 valence electrons. The van der Waals surface area contributed by atoms with E-state index in [2.05, 4.69) is 35.8 Å². The van der Waals surface area contributed by atoms with E-state index in [0.29, 0.717) is 16.5 Å². The Kier molecular flexibility index (Phi) is 5.58. The van der Waals surface area contributed by atoms with Crippen LogP contribution in [0.2, 0.25) is 5.02 Å². The summed E-state index contributed by atoms with van der Waals surface area (Å²) in [6.07, 6.45) is 8.04. The third kappa shape index (κ3) is 4.17. The maximum absolute atomic E-state index is 9.14. The SMILES string of the molecule is Cc1nc(C#N)cc(N2CCC(C3CCN(c4ncc(Cl)cn4)CC3)CC2)n1. The third-order valence-electron chi connectivity index (χ3n) is 5.90. The van der Waals surface area contributed by atoms with Gasteiger partial charge in [-0.1, -0.05) is 11.6 Å². The van der Waals surface area contributed by atoms with E-state index in [4.69, 9.17) is 16.9 Å². The first-order chi connectivity index (χ1) is 13.6. The standard InChI is InChI=1S/C20H24ClN7/c1-14-25-18(11-22)10-19(26-14)27-6-2-15(3-7-27)16-4-8-28(9-5-16)20-23-12-17(21)13-24-20/h10,12-13,15-16H,2-9H2,1H3. The summed E-state index contributed by atoms with van der Waals surface area (Å²) < 4.78 is 0. The van der Waals surface area contributed by atoms with Gasteiger partial charge in [0.05, 0.1) is 17.4 Å². The van der Waals surface area contributed by atoms with Crippen molar-refractivity contribution in [1.29, 1.82) is 5.26 Å². The lowest BCUT2D eigenvalue weighted by Gasteiger charge is -2.40. The molecule has 2 fully saturated rings. The number of aromatic nitrogens is 4. The largest absolute Gasteiger partial charge is 0.356 e. The van der Waals surface area contributed by atoms with Crippen molar-refractivity contribution >= 4 is 23.4 Å². The molecule has 2 aromatic heterocycles. The molecule has 8 heteroatoms. The van der Waals surface area contributed by atoms with E-state index in [1.807, 2.05) is 6.92 Å². The van der Waals surface area contributed by atoms with Gasteiger partial charge in [-0.25, -0.2) is 19.9 Å². The molecule has 0 aliphatic carbocycles. The predicted octanol–water partition coefficient (Wildman–Crippen LogP) is 3.23. The molecule has 0 saturated carbocycles. The highest BCUT2D eigenvalue weighted by Gasteiger charge is 2.30. The summed E-state index contributed by atoms with van der Waals surface area (Å²) in [5.74, 6) is 3.84. The lowest BCUT2D eigenvalue weighted by molar-refractivity contribution is 0.232. The normalized spacial score (nSPS) is 18.9. The summed E-state index contributed by atoms with van der Waals surface area (Å²) >= 11 is 5.89. The summed E-state index contributed by atoms with van der Waals surface area (Å²) in [6.45, 7) is 5.83. The van der Waals surface area contributed by atoms with E-state index in [-0.39, 0.29) is 0 Å². The Morgan fingerprint density at radius 1 is 0.964 bits per heavy atom. The minimum absolute atomic E-state index is 0.446. The maximum Gasteiger partial charge on any atom is 0.225 e. The van der Waals surface area contributed by atoms with Crippen molar-refractivity contribution in [1.82, 2.24) is 19.9 Å². The van der Waals surface area contributed by atoms with Gasteiger partial charge in [-0.3, -0.25) is 0 Å². The highest BCUT2D eigenvalue weighted by Crippen LogP contribution is 2.34. The van der Waals surface area contributed by atoms with Crippen LogP contribution in [-0.4, -0.2) is 46.1 Å². The average molecular weight is 398 g/mol. The topological polar surface area (TPSA) is 81.8 Å². The fourth-order valence-corrected chi connectivity index (χ4v) is 4.51. The van der Waals surface area contributed by atoms with Crippen molar-refractivity contribution in [3.8, 4) is 6.07 Å². The van der Waals surface area contributed by atoms with Gasteiger partial charge in [0.25, 0.3) is 0 Å². The molecule has 2 aromatic rings. The number of piperidine rings is 2. The van der Waals surface area contributed by atoms with E-state index in [1.54, 1.807) is 18.5 Å². The quantitative estimate of drug-likeness (QED) is 0.786. The van der Waals surface area contributed by atoms with Crippen molar-refractivity contribution in [2.75, 3.05) is 36.0 Å². The minimum Gasteiger partial charge on any atom is -0.356 e. The van der Waals surface area contributed by atoms with Crippen molar-refractivity contribution in [2.45, 2.75) is 32.6 Å². The first-order valence-electron chi connectivity index (χ1n) is 9.85. The Labute approximate surface area is 170 Å². The highest BCUT2D eigenvalue weighted by molar-refractivity contribution is 6.30. The zero-order valence-electron chi connectivity index (χ0n) is 16.1. The molecule has 0 unspecified atom stereocenters. The zero-order chi connectivity index (χ0) is 19.5. The van der Waals surface area contributed by atoms with Gasteiger partial charge in [0.15, 0.2) is 0 Å². The molecule has 0 radical (unpaired) electrons. The van der Waals surface area contributed by atoms with Gasteiger partial charge in [0, 0.05) is 32.2 Å². The Hall–Kier alpha value is -2.46. The molecule has 0 N–H and O–H groups in total. The molecule has 2 aliphatic rings. The van der Waals surface area contributed by atoms with E-state index >= 15 is 0 Å². The number of nitrogens with zero attached hydrogens (tertiary/aromatic N) is 7. The second kappa shape index (κ2) is 8.27. The van der Waals surface area contributed by atoms with Crippen molar-refractivity contribution in [3.05, 3.63) is 35.0 Å². The number of hydrogen-bond acceptors (Lipinski definition) is 7. The van der Waals surface area contributed by atoms with Crippen LogP contribution in [0.3, 0.4) is 0 Å². The lowest BCUT2D eigenvalue weighted by atomic mass is 9.79. The molecule has 0 aromatic carbocycles. The summed E-state index contributed by atoms with van der Waals surface area (Å²) in [5, 5.41) is 9.71. The Bertz CT molecular complexity index is 848. The molecule has 0 amide bonds. The van der Waals surface area contributed by atoms with Gasteiger partial charge in [-0.2, -0.15) is 5.26 Å². The van der Waals surface area contributed by atoms with Crippen molar-refractivity contribution < 1.29 is 0 Å². The number of anilines is 2. The van der Waals surface area contributed by atoms with Crippen molar-refractivity contribution in [3.63, 3.8) is 0 Å². The number of hydrogen-bond donors (Lipinski definition) is 0. The first-order valence-corrected chi connectivity index (χ1v) is 10.2. The summed E-state index contributed by atoms with van der Waals surface area (Å²) in [7, 11) is 0. The molecular weight excluding hydrogens is 374 g/mol. The molecule has 2 saturated heterocycles. The molecule has 0 bridgehead atoms. The minimum atomic E-state index is 0.446. The molecule has 28 heavy (non-hydrogen) atoms. The van der Waals surface area contributed by atoms with Gasteiger partial charge < -0.3 is 9.80 Å². The molecule has 0 spiro atoms. The monoisotopic (exact) mass is 397 g/mol. The fraction of sp³-hybridized carbons (Fsp3) is 0.550. The van der Waals surface area contributed by atoms with E-state index < -0.39 is 0 Å². The van der Waals surface area contributed by atoms with Gasteiger partial charge >= 0.3 is 0 Å². The lowest BCUT2D eigenvalue weighted by Crippen LogP contribution is -2.41. The molecule has 4 rings (SSSR count). The molecular formula is C20H24ClN7. The van der Waals surface area contributed by atoms with Crippen LogP contribution >= 0.6 is 11.6 Å². The van der Waals surface area contributed by atoms with Crippen LogP contribution in [-0.2, 0) is 0 Å². The number of halogens is 1. The molecule has 0 atom stereocenters. The van der Waals surface area contributed by atoms with Gasteiger partial charge in [-0.15, -0.1) is 0 Å². The fourth-order valence-electron chi connectivity index (χ4n) is 4.41. The van der Waals surface area contributed by atoms with Crippen LogP contribution in [0.25, 0.3) is 0 Å². The van der Waals surface area contributed by atoms with E-state index in [0.717, 1.165) is 49.8 Å². The van der Waals surface area contributed by atoms with E-state index in [9.17, 15) is 0 Å². The smallest absolute Gasteiger partial charge is 0.225 e. The predicted molar refractivity (Wildman–Crippen MR) is 108 cm³/mol. The van der Waals surface area contributed by atoms with Crippen LogP contribution in [0.4, 0.5) is 11.8 Å². The molecule has 2 aliphatic heterocycles. The maximum atomic E-state index is 9.14. The van der Waals surface area contributed by atoms with Crippen LogP contribution < -0.4 is 9.80 Å². The third-order valence-corrected chi connectivity index (χ3v) is 6.09. The number of aryl methyl sites for hydroxylation is 1. The highest BCUT2D eigenvalue weighted by atomic mass is 35.5. The van der Waals surface area contributed by atoms with Gasteiger partial charge in [-0.05, 0) is 44.4 Å². The van der Waals surface area contributed by atoms with E-state index in [1.165, 1.54) is 25.7 Å². The van der Waals surface area contributed by atoms with Crippen LogP contribution in [0.15, 0.2) is 18.5 Å². The van der Waals surface area contributed by atoms with Gasteiger partial charge in [0.2, 0.25) is 5.95 Å².